The molecule has 0 saturated carbocycles. The Hall–Kier alpha value is -0.570. The van der Waals surface area contributed by atoms with Crippen LogP contribution in [-0.4, -0.2) is 23.8 Å². The van der Waals surface area contributed by atoms with Crippen LogP contribution in [0.4, 0.5) is 0 Å². The highest BCUT2D eigenvalue weighted by Crippen LogP contribution is 2.13. The molecule has 0 aromatic heterocycles. The molecule has 3 nitrogen and oxygen atoms in total. The number of carbonyl (C=O) groups excluding carboxylic acids is 1. The van der Waals surface area contributed by atoms with Gasteiger partial charge >= 0.3 is 5.97 Å². The smallest absolute Gasteiger partial charge is 0.306 e. The summed E-state index contributed by atoms with van der Waals surface area (Å²) >= 11 is 0. The minimum Gasteiger partial charge on any atom is -0.460 e. The molecular weight excluding hydrogens is 132 g/mol. The number of aliphatic hydroxyl groups excluding tert-OH is 1. The third-order valence-corrected chi connectivity index (χ3v) is 1.66. The second-order valence-corrected chi connectivity index (χ2v) is 2.54. The van der Waals surface area contributed by atoms with Crippen LogP contribution in [0.2, 0.25) is 0 Å². The first-order valence-corrected chi connectivity index (χ1v) is 3.63. The lowest BCUT2D eigenvalue weighted by molar-refractivity contribution is -0.149. The number of ether oxygens (including phenoxy) is 1. The Bertz CT molecular complexity index is 122. The molecule has 0 bridgehead atoms. The fourth-order valence-corrected chi connectivity index (χ4v) is 1.07. The van der Waals surface area contributed by atoms with Crippen molar-refractivity contribution in [3.63, 3.8) is 0 Å². The van der Waals surface area contributed by atoms with Crippen LogP contribution in [0.5, 0.6) is 0 Å². The van der Waals surface area contributed by atoms with E-state index in [9.17, 15) is 4.79 Å². The Morgan fingerprint density at radius 2 is 2.40 bits per heavy atom. The van der Waals surface area contributed by atoms with Gasteiger partial charge in [-0.15, -0.1) is 0 Å². The summed E-state index contributed by atoms with van der Waals surface area (Å²) in [6.07, 6.45) is 2.96. The largest absolute Gasteiger partial charge is 0.460 e. The quantitative estimate of drug-likeness (QED) is 0.544. The molecule has 0 radical (unpaired) electrons. The number of cyclic esters (lactones) is 1. The van der Waals surface area contributed by atoms with E-state index >= 15 is 0 Å². The molecule has 0 amide bonds. The standard InChI is InChI=1S/C7H12O3/c8-5-6-3-1-2-4-7(9)10-6/h6,8H,1-5H2. The molecule has 1 unspecified atom stereocenters. The highest BCUT2D eigenvalue weighted by molar-refractivity contribution is 5.69. The van der Waals surface area contributed by atoms with Crippen molar-refractivity contribution < 1.29 is 14.6 Å². The van der Waals surface area contributed by atoms with Gasteiger partial charge in [0, 0.05) is 6.42 Å². The molecule has 1 heterocycles. The van der Waals surface area contributed by atoms with Gasteiger partial charge in [-0.1, -0.05) is 0 Å². The average molecular weight is 144 g/mol. The maximum atomic E-state index is 10.7. The van der Waals surface area contributed by atoms with Crippen molar-refractivity contribution in [3.8, 4) is 0 Å². The SMILES string of the molecule is O=C1CCCCC(CO)O1. The zero-order valence-corrected chi connectivity index (χ0v) is 5.88. The molecular formula is C7H12O3. The molecule has 1 aliphatic rings. The van der Waals surface area contributed by atoms with Crippen molar-refractivity contribution in [1.29, 1.82) is 0 Å². The van der Waals surface area contributed by atoms with Crippen LogP contribution in [0.3, 0.4) is 0 Å². The van der Waals surface area contributed by atoms with Crippen LogP contribution in [-0.2, 0) is 9.53 Å². The van der Waals surface area contributed by atoms with Crippen molar-refractivity contribution in [1.82, 2.24) is 0 Å². The summed E-state index contributed by atoms with van der Waals surface area (Å²) in [5.41, 5.74) is 0. The molecule has 1 saturated heterocycles. The van der Waals surface area contributed by atoms with Gasteiger partial charge in [0.1, 0.15) is 6.10 Å². The van der Waals surface area contributed by atoms with Gasteiger partial charge in [-0.25, -0.2) is 0 Å². The summed E-state index contributed by atoms with van der Waals surface area (Å²) < 4.78 is 4.87. The second-order valence-electron chi connectivity index (χ2n) is 2.54. The van der Waals surface area contributed by atoms with Crippen molar-refractivity contribution >= 4 is 5.97 Å². The molecule has 0 aliphatic carbocycles. The Morgan fingerprint density at radius 1 is 1.60 bits per heavy atom. The number of hydrogen-bond acceptors (Lipinski definition) is 3. The van der Waals surface area contributed by atoms with Gasteiger partial charge in [0.05, 0.1) is 6.61 Å². The maximum absolute atomic E-state index is 10.7. The molecule has 58 valence electrons. The number of rotatable bonds is 1. The van der Waals surface area contributed by atoms with Crippen LogP contribution in [0, 0.1) is 0 Å². The highest BCUT2D eigenvalue weighted by Gasteiger charge is 2.16. The fourth-order valence-electron chi connectivity index (χ4n) is 1.07. The summed E-state index contributed by atoms with van der Waals surface area (Å²) in [4.78, 5) is 10.7. The molecule has 1 aliphatic heterocycles. The Morgan fingerprint density at radius 3 is 3.10 bits per heavy atom. The third kappa shape index (κ3) is 1.99. The van der Waals surface area contributed by atoms with Crippen LogP contribution >= 0.6 is 0 Å². The highest BCUT2D eigenvalue weighted by atomic mass is 16.6. The molecule has 0 spiro atoms. The minimum atomic E-state index is -0.241. The first-order valence-electron chi connectivity index (χ1n) is 3.63. The van der Waals surface area contributed by atoms with E-state index in [2.05, 4.69) is 0 Å². The predicted octanol–water partition coefficient (Wildman–Crippen LogP) is 0.464. The molecule has 1 atom stereocenters. The lowest BCUT2D eigenvalue weighted by Crippen LogP contribution is -2.18. The average Bonchev–Trinajstić information content (AvgIpc) is 2.13. The molecule has 10 heavy (non-hydrogen) atoms. The van der Waals surface area contributed by atoms with Crippen LogP contribution in [0.25, 0.3) is 0 Å². The van der Waals surface area contributed by atoms with E-state index in [4.69, 9.17) is 9.84 Å². The Labute approximate surface area is 60.0 Å². The van der Waals surface area contributed by atoms with E-state index in [0.29, 0.717) is 6.42 Å². The molecule has 0 aromatic rings. The van der Waals surface area contributed by atoms with E-state index in [0.717, 1.165) is 19.3 Å². The van der Waals surface area contributed by atoms with Gasteiger partial charge in [-0.05, 0) is 19.3 Å². The topological polar surface area (TPSA) is 46.5 Å². The van der Waals surface area contributed by atoms with Crippen LogP contribution in [0.15, 0.2) is 0 Å². The van der Waals surface area contributed by atoms with E-state index in [1.165, 1.54) is 0 Å². The summed E-state index contributed by atoms with van der Waals surface area (Å²) in [5, 5.41) is 8.66. The number of aliphatic hydroxyl groups is 1. The Kier molecular flexibility index (Phi) is 2.68. The van der Waals surface area contributed by atoms with Crippen molar-refractivity contribution in [2.45, 2.75) is 31.8 Å². The van der Waals surface area contributed by atoms with Gasteiger partial charge in [0.15, 0.2) is 0 Å². The maximum Gasteiger partial charge on any atom is 0.306 e. The summed E-state index contributed by atoms with van der Waals surface area (Å²) in [7, 11) is 0. The van der Waals surface area contributed by atoms with E-state index in [1.807, 2.05) is 0 Å². The molecule has 1 N–H and O–H groups in total. The Balaban J connectivity index is 2.38. The minimum absolute atomic E-state index is 0.0360. The summed E-state index contributed by atoms with van der Waals surface area (Å²) in [6, 6.07) is 0. The third-order valence-electron chi connectivity index (χ3n) is 1.66. The van der Waals surface area contributed by atoms with E-state index in [1.54, 1.807) is 0 Å². The number of esters is 1. The second kappa shape index (κ2) is 3.56. The first kappa shape index (κ1) is 7.54. The van der Waals surface area contributed by atoms with Gasteiger partial charge < -0.3 is 9.84 Å². The van der Waals surface area contributed by atoms with Crippen LogP contribution in [0.1, 0.15) is 25.7 Å². The molecule has 1 fully saturated rings. The summed E-state index contributed by atoms with van der Waals surface area (Å²) in [5.74, 6) is -0.170. The molecule has 3 heteroatoms. The predicted molar refractivity (Wildman–Crippen MR) is 35.4 cm³/mol. The lowest BCUT2D eigenvalue weighted by atomic mass is 10.1. The van der Waals surface area contributed by atoms with Gasteiger partial charge in [0.2, 0.25) is 0 Å². The van der Waals surface area contributed by atoms with E-state index < -0.39 is 0 Å². The van der Waals surface area contributed by atoms with Crippen LogP contribution < -0.4 is 0 Å². The monoisotopic (exact) mass is 144 g/mol. The lowest BCUT2D eigenvalue weighted by Gasteiger charge is -2.10. The van der Waals surface area contributed by atoms with Crippen molar-refractivity contribution in [2.24, 2.45) is 0 Å². The van der Waals surface area contributed by atoms with Gasteiger partial charge in [0.25, 0.3) is 0 Å². The van der Waals surface area contributed by atoms with Gasteiger partial charge in [-0.3, -0.25) is 4.79 Å². The fraction of sp³-hybridized carbons (Fsp3) is 0.857. The van der Waals surface area contributed by atoms with Gasteiger partial charge in [-0.2, -0.15) is 0 Å². The number of hydrogen-bond donors (Lipinski definition) is 1. The zero-order chi connectivity index (χ0) is 7.40. The number of carbonyl (C=O) groups is 1. The normalized spacial score (nSPS) is 27.3. The van der Waals surface area contributed by atoms with E-state index in [-0.39, 0.29) is 18.7 Å². The molecule has 1 rings (SSSR count). The zero-order valence-electron chi connectivity index (χ0n) is 5.88. The summed E-state index contributed by atoms with van der Waals surface area (Å²) in [6.45, 7) is -0.0360. The molecule has 0 aromatic carbocycles. The first-order chi connectivity index (χ1) is 4.83. The van der Waals surface area contributed by atoms with Crippen molar-refractivity contribution in [2.75, 3.05) is 6.61 Å². The van der Waals surface area contributed by atoms with Crippen molar-refractivity contribution in [3.05, 3.63) is 0 Å².